The molecule has 1 aliphatic heterocycles. The van der Waals surface area contributed by atoms with E-state index in [1.807, 2.05) is 11.8 Å². The largest absolute Gasteiger partial charge is 0.300 e. The summed E-state index contributed by atoms with van der Waals surface area (Å²) in [6, 6.07) is 0. The summed E-state index contributed by atoms with van der Waals surface area (Å²) in [5.74, 6) is 4.53. The summed E-state index contributed by atoms with van der Waals surface area (Å²) < 4.78 is 0. The summed E-state index contributed by atoms with van der Waals surface area (Å²) in [7, 11) is 0. The van der Waals surface area contributed by atoms with Crippen LogP contribution in [0, 0.1) is 11.8 Å². The third kappa shape index (κ3) is 0.895. The van der Waals surface area contributed by atoms with E-state index in [0.717, 1.165) is 24.7 Å². The smallest absolute Gasteiger partial charge is 0.133 e. The van der Waals surface area contributed by atoms with Crippen LogP contribution in [0.2, 0.25) is 0 Å². The molecule has 2 atom stereocenters. The zero-order valence-electron chi connectivity index (χ0n) is 5.30. The third-order valence-corrected chi connectivity index (χ3v) is 3.64. The van der Waals surface area contributed by atoms with Gasteiger partial charge in [-0.25, -0.2) is 0 Å². The average Bonchev–Trinajstić information content (AvgIpc) is 2.22. The molecule has 50 valence electrons. The van der Waals surface area contributed by atoms with Crippen LogP contribution >= 0.6 is 11.8 Å². The highest BCUT2D eigenvalue weighted by Gasteiger charge is 2.36. The molecule has 0 N–H and O–H groups in total. The second kappa shape index (κ2) is 2.01. The van der Waals surface area contributed by atoms with E-state index in [9.17, 15) is 4.79 Å². The van der Waals surface area contributed by atoms with E-state index in [1.165, 1.54) is 11.5 Å². The highest BCUT2D eigenvalue weighted by molar-refractivity contribution is 7.99. The number of Topliss-reactive ketones (excluding diaryl/α,β-unsaturated/α-hetero) is 1. The predicted molar refractivity (Wildman–Crippen MR) is 38.5 cm³/mol. The molecule has 0 unspecified atom stereocenters. The Morgan fingerprint density at radius 3 is 2.33 bits per heavy atom. The lowest BCUT2D eigenvalue weighted by atomic mass is 10.0. The van der Waals surface area contributed by atoms with Crippen molar-refractivity contribution in [3.05, 3.63) is 0 Å². The van der Waals surface area contributed by atoms with Crippen LogP contribution in [-0.4, -0.2) is 17.3 Å². The number of fused-ring (bicyclic) bond motifs is 1. The van der Waals surface area contributed by atoms with E-state index in [4.69, 9.17) is 0 Å². The summed E-state index contributed by atoms with van der Waals surface area (Å²) in [6.45, 7) is 0. The first-order valence-electron chi connectivity index (χ1n) is 3.45. The lowest BCUT2D eigenvalue weighted by molar-refractivity contribution is -0.117. The summed E-state index contributed by atoms with van der Waals surface area (Å²) in [6.07, 6.45) is 1.77. The van der Waals surface area contributed by atoms with E-state index >= 15 is 0 Å². The van der Waals surface area contributed by atoms with E-state index in [1.54, 1.807) is 0 Å². The van der Waals surface area contributed by atoms with Crippen LogP contribution in [0.15, 0.2) is 0 Å². The SMILES string of the molecule is O=C1C[C@H]2CSC[C@H]2C1. The Kier molecular flexibility index (Phi) is 1.29. The monoisotopic (exact) mass is 142 g/mol. The van der Waals surface area contributed by atoms with Crippen molar-refractivity contribution in [1.82, 2.24) is 0 Å². The van der Waals surface area contributed by atoms with Crippen LogP contribution in [0.5, 0.6) is 0 Å². The summed E-state index contributed by atoms with van der Waals surface area (Å²) >= 11 is 2.02. The second-order valence-corrected chi connectivity index (χ2v) is 4.08. The topological polar surface area (TPSA) is 17.1 Å². The van der Waals surface area contributed by atoms with Crippen molar-refractivity contribution in [2.24, 2.45) is 11.8 Å². The van der Waals surface area contributed by atoms with Crippen LogP contribution in [-0.2, 0) is 4.79 Å². The van der Waals surface area contributed by atoms with Crippen molar-refractivity contribution in [2.75, 3.05) is 11.5 Å². The zero-order valence-corrected chi connectivity index (χ0v) is 6.12. The molecule has 2 fully saturated rings. The van der Waals surface area contributed by atoms with Gasteiger partial charge in [0.2, 0.25) is 0 Å². The fraction of sp³-hybridized carbons (Fsp3) is 0.857. The molecule has 1 aliphatic carbocycles. The molecule has 9 heavy (non-hydrogen) atoms. The first-order valence-corrected chi connectivity index (χ1v) is 4.61. The maximum Gasteiger partial charge on any atom is 0.133 e. The molecule has 2 rings (SSSR count). The Balaban J connectivity index is 2.09. The minimum absolute atomic E-state index is 0.505. The molecule has 0 spiro atoms. The molecule has 1 nitrogen and oxygen atoms in total. The number of rotatable bonds is 0. The molecule has 0 aromatic heterocycles. The Morgan fingerprint density at radius 2 is 1.78 bits per heavy atom. The maximum atomic E-state index is 10.8. The lowest BCUT2D eigenvalue weighted by Crippen LogP contribution is -2.01. The summed E-state index contributed by atoms with van der Waals surface area (Å²) in [4.78, 5) is 10.8. The van der Waals surface area contributed by atoms with Crippen LogP contribution in [0.3, 0.4) is 0 Å². The van der Waals surface area contributed by atoms with Gasteiger partial charge in [-0.15, -0.1) is 0 Å². The van der Waals surface area contributed by atoms with Crippen LogP contribution in [0.1, 0.15) is 12.8 Å². The normalized spacial score (nSPS) is 41.6. The van der Waals surface area contributed by atoms with Crippen molar-refractivity contribution in [3.8, 4) is 0 Å². The molecular formula is C7H10OS. The number of hydrogen-bond acceptors (Lipinski definition) is 2. The Labute approximate surface area is 59.2 Å². The fourth-order valence-corrected chi connectivity index (χ4v) is 3.28. The fourth-order valence-electron chi connectivity index (χ4n) is 1.76. The summed E-state index contributed by atoms with van der Waals surface area (Å²) in [5, 5.41) is 0. The van der Waals surface area contributed by atoms with Gasteiger partial charge in [-0.05, 0) is 23.3 Å². The number of ketones is 1. The van der Waals surface area contributed by atoms with Gasteiger partial charge in [0.1, 0.15) is 5.78 Å². The van der Waals surface area contributed by atoms with Crippen LogP contribution in [0.4, 0.5) is 0 Å². The maximum absolute atomic E-state index is 10.8. The van der Waals surface area contributed by atoms with Crippen molar-refractivity contribution in [1.29, 1.82) is 0 Å². The Hall–Kier alpha value is 0.0200. The number of carbonyl (C=O) groups is 1. The first-order chi connectivity index (χ1) is 4.36. The summed E-state index contributed by atoms with van der Waals surface area (Å²) in [5.41, 5.74) is 0. The molecule has 0 aromatic rings. The first kappa shape index (κ1) is 5.78. The molecule has 1 saturated carbocycles. The van der Waals surface area contributed by atoms with Crippen molar-refractivity contribution < 1.29 is 4.79 Å². The van der Waals surface area contributed by atoms with E-state index in [-0.39, 0.29) is 0 Å². The van der Waals surface area contributed by atoms with Gasteiger partial charge < -0.3 is 0 Å². The molecule has 2 heteroatoms. The molecule has 1 saturated heterocycles. The quantitative estimate of drug-likeness (QED) is 0.507. The van der Waals surface area contributed by atoms with Gasteiger partial charge in [0.05, 0.1) is 0 Å². The second-order valence-electron chi connectivity index (χ2n) is 3.00. The van der Waals surface area contributed by atoms with Gasteiger partial charge in [0, 0.05) is 12.8 Å². The van der Waals surface area contributed by atoms with Crippen LogP contribution < -0.4 is 0 Å². The van der Waals surface area contributed by atoms with Crippen molar-refractivity contribution in [3.63, 3.8) is 0 Å². The van der Waals surface area contributed by atoms with Crippen molar-refractivity contribution in [2.45, 2.75) is 12.8 Å². The predicted octanol–water partition coefficient (Wildman–Crippen LogP) is 1.33. The van der Waals surface area contributed by atoms with Gasteiger partial charge >= 0.3 is 0 Å². The van der Waals surface area contributed by atoms with Gasteiger partial charge in [0.25, 0.3) is 0 Å². The van der Waals surface area contributed by atoms with E-state index in [0.29, 0.717) is 5.78 Å². The Bertz CT molecular complexity index is 130. The molecular weight excluding hydrogens is 132 g/mol. The average molecular weight is 142 g/mol. The minimum atomic E-state index is 0.505. The minimum Gasteiger partial charge on any atom is -0.300 e. The molecule has 0 aromatic carbocycles. The standard InChI is InChI=1S/C7H10OS/c8-7-1-5-3-9-4-6(5)2-7/h5-6H,1-4H2/t5-,6+. The number of thioether (sulfide) groups is 1. The highest BCUT2D eigenvalue weighted by atomic mass is 32.2. The number of carbonyl (C=O) groups excluding carboxylic acids is 1. The molecule has 1 heterocycles. The van der Waals surface area contributed by atoms with Crippen LogP contribution in [0.25, 0.3) is 0 Å². The van der Waals surface area contributed by atoms with E-state index in [2.05, 4.69) is 0 Å². The molecule has 0 amide bonds. The molecule has 0 bridgehead atoms. The molecule has 2 aliphatic rings. The lowest BCUT2D eigenvalue weighted by Gasteiger charge is -2.01. The molecule has 0 radical (unpaired) electrons. The van der Waals surface area contributed by atoms with Gasteiger partial charge in [0.15, 0.2) is 0 Å². The Morgan fingerprint density at radius 1 is 1.22 bits per heavy atom. The van der Waals surface area contributed by atoms with Crippen molar-refractivity contribution >= 4 is 17.5 Å². The zero-order chi connectivity index (χ0) is 6.27. The third-order valence-electron chi connectivity index (χ3n) is 2.31. The van der Waals surface area contributed by atoms with Gasteiger partial charge in [-0.1, -0.05) is 0 Å². The highest BCUT2D eigenvalue weighted by Crippen LogP contribution is 2.39. The van der Waals surface area contributed by atoms with Gasteiger partial charge in [-0.3, -0.25) is 4.79 Å². The van der Waals surface area contributed by atoms with Gasteiger partial charge in [-0.2, -0.15) is 11.8 Å². The number of hydrogen-bond donors (Lipinski definition) is 0. The van der Waals surface area contributed by atoms with E-state index < -0.39 is 0 Å².